The van der Waals surface area contributed by atoms with Gasteiger partial charge < -0.3 is 19.9 Å². The molecule has 2 aliphatic carbocycles. The molecule has 0 unspecified atom stereocenters. The van der Waals surface area contributed by atoms with Gasteiger partial charge in [0.2, 0.25) is 5.67 Å². The number of esters is 2. The van der Waals surface area contributed by atoms with Crippen LogP contribution in [-0.2, 0) is 23.8 Å². The minimum Gasteiger partial charge on any atom is -0.465 e. The number of hydrogen-bond donors (Lipinski definition) is 1. The number of halogens is 1. The Kier molecular flexibility index (Phi) is 3.77. The lowest BCUT2D eigenvalue weighted by atomic mass is 9.88. The van der Waals surface area contributed by atoms with Gasteiger partial charge in [0.05, 0.1) is 19.3 Å². The molecule has 6 nitrogen and oxygen atoms in total. The molecule has 2 fully saturated rings. The van der Waals surface area contributed by atoms with E-state index in [0.29, 0.717) is 0 Å². The van der Waals surface area contributed by atoms with E-state index in [4.69, 9.17) is 19.9 Å². The van der Waals surface area contributed by atoms with Gasteiger partial charge in [0.25, 0.3) is 0 Å². The van der Waals surface area contributed by atoms with Crippen molar-refractivity contribution in [3.63, 3.8) is 0 Å². The Morgan fingerprint density at radius 1 is 1.25 bits per heavy atom. The third-order valence-corrected chi connectivity index (χ3v) is 4.30. The molecule has 2 rings (SSSR count). The van der Waals surface area contributed by atoms with Crippen molar-refractivity contribution in [1.29, 1.82) is 0 Å². The zero-order valence-electron chi connectivity index (χ0n) is 11.8. The van der Waals surface area contributed by atoms with Gasteiger partial charge in [0.1, 0.15) is 5.54 Å². The van der Waals surface area contributed by atoms with E-state index in [1.807, 2.05) is 0 Å². The van der Waals surface area contributed by atoms with Crippen LogP contribution in [0.4, 0.5) is 4.39 Å². The monoisotopic (exact) mass is 289 g/mol. The third kappa shape index (κ3) is 1.76. The average molecular weight is 289 g/mol. The summed E-state index contributed by atoms with van der Waals surface area (Å²) >= 11 is 0. The summed E-state index contributed by atoms with van der Waals surface area (Å²) in [6.45, 7) is 3.44. The van der Waals surface area contributed by atoms with E-state index in [-0.39, 0.29) is 19.6 Å². The van der Waals surface area contributed by atoms with Crippen molar-refractivity contribution in [3.8, 4) is 0 Å². The van der Waals surface area contributed by atoms with Crippen LogP contribution in [0, 0.1) is 11.8 Å². The molecular weight excluding hydrogens is 269 g/mol. The number of rotatable bonds is 5. The van der Waals surface area contributed by atoms with Crippen LogP contribution in [0.5, 0.6) is 0 Å². The molecule has 0 saturated heterocycles. The van der Waals surface area contributed by atoms with Crippen molar-refractivity contribution >= 4 is 11.9 Å². The summed E-state index contributed by atoms with van der Waals surface area (Å²) in [6, 6.07) is 0. The van der Waals surface area contributed by atoms with Gasteiger partial charge in [-0.1, -0.05) is 0 Å². The maximum absolute atomic E-state index is 14.8. The summed E-state index contributed by atoms with van der Waals surface area (Å²) < 4.78 is 29.6. The second-order valence-corrected chi connectivity index (χ2v) is 5.19. The molecule has 0 amide bonds. The van der Waals surface area contributed by atoms with Gasteiger partial charge in [-0.3, -0.25) is 0 Å². The van der Waals surface area contributed by atoms with E-state index < -0.39 is 41.1 Å². The van der Waals surface area contributed by atoms with Gasteiger partial charge in [0.15, 0.2) is 0 Å². The maximum atomic E-state index is 14.8. The summed E-state index contributed by atoms with van der Waals surface area (Å²) in [4.78, 5) is 23.9. The fraction of sp³-hybridized carbons (Fsp3) is 0.846. The Bertz CT molecular complexity index is 431. The molecule has 0 aromatic rings. The van der Waals surface area contributed by atoms with Crippen LogP contribution in [-0.4, -0.2) is 49.6 Å². The van der Waals surface area contributed by atoms with Gasteiger partial charge in [-0.25, -0.2) is 14.0 Å². The van der Waals surface area contributed by atoms with E-state index in [0.717, 1.165) is 0 Å². The number of methoxy groups -OCH3 is 1. The van der Waals surface area contributed by atoms with Gasteiger partial charge in [0, 0.05) is 18.9 Å². The molecule has 0 aromatic heterocycles. The largest absolute Gasteiger partial charge is 0.465 e. The minimum absolute atomic E-state index is 0.0780. The number of alkyl halides is 1. The minimum atomic E-state index is -2.20. The predicted molar refractivity (Wildman–Crippen MR) is 66.4 cm³/mol. The van der Waals surface area contributed by atoms with Crippen LogP contribution in [0.25, 0.3) is 0 Å². The zero-order valence-corrected chi connectivity index (χ0v) is 11.8. The topological polar surface area (TPSA) is 87.9 Å². The number of fused-ring (bicyclic) bond motifs is 1. The number of ether oxygens (including phenoxy) is 3. The highest BCUT2D eigenvalue weighted by Gasteiger charge is 2.85. The van der Waals surface area contributed by atoms with Crippen LogP contribution in [0.1, 0.15) is 20.3 Å². The molecule has 0 aromatic carbocycles. The Hall–Kier alpha value is -1.21. The van der Waals surface area contributed by atoms with E-state index in [9.17, 15) is 14.0 Å². The molecule has 0 spiro atoms. The Balaban J connectivity index is 2.26. The molecule has 5 atom stereocenters. The zero-order chi connectivity index (χ0) is 15.1. The lowest BCUT2D eigenvalue weighted by Gasteiger charge is -2.32. The van der Waals surface area contributed by atoms with Gasteiger partial charge in [-0.15, -0.1) is 0 Å². The van der Waals surface area contributed by atoms with Crippen molar-refractivity contribution < 1.29 is 28.2 Å². The molecular formula is C13H20FNO5. The number of carbonyl (C=O) groups is 2. The first-order chi connectivity index (χ1) is 9.38. The Morgan fingerprint density at radius 3 is 2.30 bits per heavy atom. The molecule has 0 heterocycles. The Labute approximate surface area is 116 Å². The summed E-state index contributed by atoms with van der Waals surface area (Å²) in [6.07, 6.45) is -0.457. The first kappa shape index (κ1) is 15.2. The lowest BCUT2D eigenvalue weighted by molar-refractivity contribution is -0.161. The smallest absolute Gasteiger partial charge is 0.344 e. The fourth-order valence-electron chi connectivity index (χ4n) is 3.36. The number of carbonyl (C=O) groups excluding carboxylic acids is 2. The molecule has 2 N–H and O–H groups in total. The number of hydrogen-bond acceptors (Lipinski definition) is 6. The average Bonchev–Trinajstić information content (AvgIpc) is 2.87. The van der Waals surface area contributed by atoms with E-state index >= 15 is 0 Å². The van der Waals surface area contributed by atoms with Gasteiger partial charge in [-0.2, -0.15) is 0 Å². The van der Waals surface area contributed by atoms with Crippen molar-refractivity contribution in [2.24, 2.45) is 17.6 Å². The van der Waals surface area contributed by atoms with Crippen LogP contribution < -0.4 is 5.73 Å². The maximum Gasteiger partial charge on any atom is 0.344 e. The molecule has 0 bridgehead atoms. The summed E-state index contributed by atoms with van der Waals surface area (Å²) in [7, 11) is 1.40. The summed E-state index contributed by atoms with van der Waals surface area (Å²) in [5.41, 5.74) is 2.25. The molecule has 20 heavy (non-hydrogen) atoms. The highest BCUT2D eigenvalue weighted by molar-refractivity contribution is 5.92. The quantitative estimate of drug-likeness (QED) is 0.727. The van der Waals surface area contributed by atoms with Crippen molar-refractivity contribution in [2.75, 3.05) is 20.3 Å². The SMILES string of the molecule is CCOC(=O)[C@]1(N)[C@@H](OC)C[C@@H]2[C@H]1[C@@]2(F)C(=O)OCC. The van der Waals surface area contributed by atoms with Crippen LogP contribution in [0.15, 0.2) is 0 Å². The molecule has 7 heteroatoms. The normalized spacial score (nSPS) is 42.0. The van der Waals surface area contributed by atoms with Crippen molar-refractivity contribution in [2.45, 2.75) is 37.6 Å². The molecule has 2 saturated carbocycles. The first-order valence-corrected chi connectivity index (χ1v) is 6.73. The van der Waals surface area contributed by atoms with Crippen molar-refractivity contribution in [3.05, 3.63) is 0 Å². The first-order valence-electron chi connectivity index (χ1n) is 6.73. The standard InChI is InChI=1S/C13H20FNO5/c1-4-19-10(16)12(14)7-6-8(18-3)13(15,9(7)12)11(17)20-5-2/h7-9H,4-6,15H2,1-3H3/t7-,8+,9+,12-,13+/m1/s1. The molecule has 0 radical (unpaired) electrons. The van der Waals surface area contributed by atoms with Crippen LogP contribution >= 0.6 is 0 Å². The van der Waals surface area contributed by atoms with E-state index in [1.165, 1.54) is 7.11 Å². The molecule has 2 aliphatic rings. The van der Waals surface area contributed by atoms with E-state index in [2.05, 4.69) is 0 Å². The van der Waals surface area contributed by atoms with Gasteiger partial charge >= 0.3 is 11.9 Å². The Morgan fingerprint density at radius 2 is 1.80 bits per heavy atom. The number of nitrogens with two attached hydrogens (primary N) is 1. The molecule has 114 valence electrons. The highest BCUT2D eigenvalue weighted by atomic mass is 19.1. The lowest BCUT2D eigenvalue weighted by Crippen LogP contribution is -2.61. The fourth-order valence-corrected chi connectivity index (χ4v) is 3.36. The predicted octanol–water partition coefficient (Wildman–Crippen LogP) is 0.183. The summed E-state index contributed by atoms with van der Waals surface area (Å²) in [5, 5.41) is 0. The second-order valence-electron chi connectivity index (χ2n) is 5.19. The highest BCUT2D eigenvalue weighted by Crippen LogP contribution is 2.67. The van der Waals surface area contributed by atoms with Crippen LogP contribution in [0.2, 0.25) is 0 Å². The second kappa shape index (κ2) is 4.96. The van der Waals surface area contributed by atoms with E-state index in [1.54, 1.807) is 13.8 Å². The summed E-state index contributed by atoms with van der Waals surface area (Å²) in [5.74, 6) is -3.29. The van der Waals surface area contributed by atoms with Gasteiger partial charge in [-0.05, 0) is 20.3 Å². The molecule has 0 aliphatic heterocycles. The third-order valence-electron chi connectivity index (χ3n) is 4.30. The van der Waals surface area contributed by atoms with Crippen LogP contribution in [0.3, 0.4) is 0 Å². The van der Waals surface area contributed by atoms with Crippen molar-refractivity contribution in [1.82, 2.24) is 0 Å².